The first kappa shape index (κ1) is 24.9. The van der Waals surface area contributed by atoms with E-state index in [-0.39, 0.29) is 42.5 Å². The summed E-state index contributed by atoms with van der Waals surface area (Å²) in [5, 5.41) is 37.0. The van der Waals surface area contributed by atoms with Crippen LogP contribution in [0, 0.1) is 25.2 Å². The summed E-state index contributed by atoms with van der Waals surface area (Å²) in [6.07, 6.45) is 2.94. The SMILES string of the molecule is C=CCNC[C@H]1c2c(c(O)c(C)c3c2OCO3)CC2[C@H]3c4c(cc(C)c(OC)c4O)C[C@H]([C@H](C#N)N21)N3C. The van der Waals surface area contributed by atoms with Crippen LogP contribution in [0.15, 0.2) is 18.7 Å². The number of fused-ring (bicyclic) bond motifs is 9. The monoisotopic (exact) mass is 518 g/mol. The van der Waals surface area contributed by atoms with Gasteiger partial charge < -0.3 is 29.7 Å². The molecule has 5 atom stereocenters. The number of methoxy groups -OCH3 is 1. The van der Waals surface area contributed by atoms with Crippen LogP contribution in [0.1, 0.15) is 45.5 Å². The molecule has 9 nitrogen and oxygen atoms in total. The van der Waals surface area contributed by atoms with E-state index in [4.69, 9.17) is 14.2 Å². The van der Waals surface area contributed by atoms with E-state index in [9.17, 15) is 15.5 Å². The fourth-order valence-corrected chi connectivity index (χ4v) is 7.36. The van der Waals surface area contributed by atoms with E-state index >= 15 is 0 Å². The molecule has 2 bridgehead atoms. The zero-order valence-corrected chi connectivity index (χ0v) is 22.2. The molecular formula is C29H34N4O5. The molecule has 1 fully saturated rings. The molecule has 0 saturated carbocycles. The van der Waals surface area contributed by atoms with Crippen LogP contribution in [0.4, 0.5) is 0 Å². The average molecular weight is 519 g/mol. The third kappa shape index (κ3) is 3.27. The van der Waals surface area contributed by atoms with Crippen LogP contribution in [-0.4, -0.2) is 72.2 Å². The van der Waals surface area contributed by atoms with Crippen molar-refractivity contribution in [2.75, 3.05) is 34.0 Å². The molecule has 4 aliphatic heterocycles. The van der Waals surface area contributed by atoms with Crippen molar-refractivity contribution in [2.24, 2.45) is 0 Å². The van der Waals surface area contributed by atoms with Crippen molar-refractivity contribution in [2.45, 2.75) is 56.9 Å². The Balaban J connectivity index is 1.59. The molecule has 0 aromatic heterocycles. The Morgan fingerprint density at radius 2 is 1.95 bits per heavy atom. The highest BCUT2D eigenvalue weighted by molar-refractivity contribution is 5.66. The number of aryl methyl sites for hydroxylation is 1. The summed E-state index contributed by atoms with van der Waals surface area (Å²) < 4.78 is 17.4. The van der Waals surface area contributed by atoms with Gasteiger partial charge in [-0.05, 0) is 44.9 Å². The van der Waals surface area contributed by atoms with Gasteiger partial charge in [-0.1, -0.05) is 12.1 Å². The molecule has 200 valence electrons. The maximum Gasteiger partial charge on any atom is 0.231 e. The average Bonchev–Trinajstić information content (AvgIpc) is 3.38. The maximum atomic E-state index is 11.5. The number of benzene rings is 2. The van der Waals surface area contributed by atoms with Crippen LogP contribution in [0.25, 0.3) is 0 Å². The van der Waals surface area contributed by atoms with Crippen LogP contribution in [-0.2, 0) is 12.8 Å². The van der Waals surface area contributed by atoms with Gasteiger partial charge in [0.1, 0.15) is 11.8 Å². The topological polar surface area (TPSA) is 110 Å². The fourth-order valence-electron chi connectivity index (χ4n) is 7.36. The smallest absolute Gasteiger partial charge is 0.231 e. The number of hydrogen-bond donors (Lipinski definition) is 3. The van der Waals surface area contributed by atoms with Crippen molar-refractivity contribution in [1.29, 1.82) is 5.26 Å². The van der Waals surface area contributed by atoms with Gasteiger partial charge in [0.2, 0.25) is 6.79 Å². The van der Waals surface area contributed by atoms with Crippen molar-refractivity contribution in [3.05, 3.63) is 52.1 Å². The van der Waals surface area contributed by atoms with Gasteiger partial charge in [-0.2, -0.15) is 5.26 Å². The number of aromatic hydroxyl groups is 2. The van der Waals surface area contributed by atoms with E-state index in [1.807, 2.05) is 20.9 Å². The molecule has 38 heavy (non-hydrogen) atoms. The van der Waals surface area contributed by atoms with E-state index in [1.54, 1.807) is 13.2 Å². The molecule has 3 N–H and O–H groups in total. The number of nitrogens with zero attached hydrogens (tertiary/aromatic N) is 3. The normalized spacial score (nSPS) is 27.2. The Morgan fingerprint density at radius 3 is 2.66 bits per heavy atom. The Labute approximate surface area is 222 Å². The molecule has 4 aliphatic rings. The summed E-state index contributed by atoms with van der Waals surface area (Å²) in [5.41, 5.74) is 5.11. The molecule has 2 aromatic carbocycles. The third-order valence-corrected chi connectivity index (χ3v) is 8.92. The van der Waals surface area contributed by atoms with Gasteiger partial charge in [-0.25, -0.2) is 0 Å². The van der Waals surface area contributed by atoms with Crippen LogP contribution in [0.5, 0.6) is 28.7 Å². The van der Waals surface area contributed by atoms with Gasteiger partial charge in [0.05, 0.1) is 25.3 Å². The number of likely N-dealkylation sites (N-methyl/N-ethyl adjacent to an activating group) is 1. The lowest BCUT2D eigenvalue weighted by Gasteiger charge is -2.60. The molecule has 6 rings (SSSR count). The molecule has 0 radical (unpaired) electrons. The number of ether oxygens (including phenoxy) is 3. The highest BCUT2D eigenvalue weighted by Crippen LogP contribution is 2.58. The van der Waals surface area contributed by atoms with Crippen LogP contribution < -0.4 is 19.5 Å². The zero-order chi connectivity index (χ0) is 26.9. The van der Waals surface area contributed by atoms with Crippen molar-refractivity contribution < 1.29 is 24.4 Å². The molecular weight excluding hydrogens is 484 g/mol. The second kappa shape index (κ2) is 9.09. The number of phenols is 2. The first-order valence-electron chi connectivity index (χ1n) is 13.1. The minimum Gasteiger partial charge on any atom is -0.507 e. The van der Waals surface area contributed by atoms with E-state index in [0.717, 1.165) is 27.8 Å². The van der Waals surface area contributed by atoms with E-state index in [2.05, 4.69) is 33.8 Å². The summed E-state index contributed by atoms with van der Waals surface area (Å²) in [4.78, 5) is 4.53. The maximum absolute atomic E-state index is 11.5. The number of phenolic OH excluding ortho intramolecular Hbond substituents is 2. The van der Waals surface area contributed by atoms with Crippen LogP contribution >= 0.6 is 0 Å². The number of rotatable bonds is 5. The predicted octanol–water partition coefficient (Wildman–Crippen LogP) is 3.00. The Morgan fingerprint density at radius 1 is 1.18 bits per heavy atom. The van der Waals surface area contributed by atoms with Gasteiger partial charge >= 0.3 is 0 Å². The lowest BCUT2D eigenvalue weighted by atomic mass is 9.71. The number of nitrogens with one attached hydrogen (secondary N) is 1. The molecule has 0 spiro atoms. The van der Waals surface area contributed by atoms with Gasteiger partial charge in [-0.15, -0.1) is 6.58 Å². The minimum absolute atomic E-state index is 0.0753. The van der Waals surface area contributed by atoms with Crippen LogP contribution in [0.3, 0.4) is 0 Å². The zero-order valence-electron chi connectivity index (χ0n) is 22.2. The summed E-state index contributed by atoms with van der Waals surface area (Å²) >= 11 is 0. The number of piperazine rings is 1. The first-order valence-corrected chi connectivity index (χ1v) is 13.1. The largest absolute Gasteiger partial charge is 0.507 e. The minimum atomic E-state index is -0.413. The second-order valence-corrected chi connectivity index (χ2v) is 10.7. The molecule has 0 amide bonds. The van der Waals surface area contributed by atoms with Gasteiger partial charge in [0, 0.05) is 47.4 Å². The van der Waals surface area contributed by atoms with E-state index in [0.29, 0.717) is 48.7 Å². The van der Waals surface area contributed by atoms with E-state index < -0.39 is 6.04 Å². The van der Waals surface area contributed by atoms with Gasteiger partial charge in [0.25, 0.3) is 0 Å². The van der Waals surface area contributed by atoms with Crippen LogP contribution in [0.2, 0.25) is 0 Å². The second-order valence-electron chi connectivity index (χ2n) is 10.7. The van der Waals surface area contributed by atoms with Gasteiger partial charge in [0.15, 0.2) is 23.0 Å². The highest BCUT2D eigenvalue weighted by Gasteiger charge is 2.56. The molecule has 1 saturated heterocycles. The highest BCUT2D eigenvalue weighted by atomic mass is 16.7. The quantitative estimate of drug-likeness (QED) is 0.406. The summed E-state index contributed by atoms with van der Waals surface area (Å²) in [6, 6.07) is 3.58. The Hall–Kier alpha value is -3.45. The summed E-state index contributed by atoms with van der Waals surface area (Å²) in [5.74, 6) is 2.07. The molecule has 0 aliphatic carbocycles. The molecule has 1 unspecified atom stereocenters. The molecule has 2 aromatic rings. The molecule has 9 heteroatoms. The lowest BCUT2D eigenvalue weighted by Crippen LogP contribution is -2.68. The Bertz CT molecular complexity index is 1370. The standard InChI is InChI=1S/C29H34N4O5/c1-6-7-31-12-21-23-17(25(34)15(3)28-29(23)38-13-37-28)10-19-24-22-16(8-14(2)27(36-5)26(22)35)9-18(32(24)4)20(11-30)33(19)21/h6,8,18-21,24,31,34-35H,1,7,9-10,12-13H2,2-5H3/t18-,19?,20+,21+,24+/m1/s1. The summed E-state index contributed by atoms with van der Waals surface area (Å²) in [7, 11) is 3.61. The number of nitriles is 1. The van der Waals surface area contributed by atoms with Crippen molar-refractivity contribution in [3.63, 3.8) is 0 Å². The van der Waals surface area contributed by atoms with Crippen molar-refractivity contribution in [1.82, 2.24) is 15.1 Å². The van der Waals surface area contributed by atoms with E-state index in [1.165, 1.54) is 0 Å². The number of hydrogen-bond acceptors (Lipinski definition) is 9. The van der Waals surface area contributed by atoms with Crippen molar-refractivity contribution in [3.8, 4) is 34.8 Å². The first-order chi connectivity index (χ1) is 18.3. The predicted molar refractivity (Wildman–Crippen MR) is 141 cm³/mol. The third-order valence-electron chi connectivity index (χ3n) is 8.92. The Kier molecular flexibility index (Phi) is 5.94. The lowest BCUT2D eigenvalue weighted by molar-refractivity contribution is -0.0723. The van der Waals surface area contributed by atoms with Crippen molar-refractivity contribution >= 4 is 0 Å². The fraction of sp³-hybridized carbons (Fsp3) is 0.483. The van der Waals surface area contributed by atoms with Gasteiger partial charge in [-0.3, -0.25) is 9.80 Å². The summed E-state index contributed by atoms with van der Waals surface area (Å²) in [6.45, 7) is 8.85. The molecule has 4 heterocycles.